The van der Waals surface area contributed by atoms with E-state index in [0.717, 1.165) is 19.3 Å². The van der Waals surface area contributed by atoms with E-state index in [1.807, 2.05) is 0 Å². The highest BCUT2D eigenvalue weighted by atomic mass is 16.7. The summed E-state index contributed by atoms with van der Waals surface area (Å²) >= 11 is 0. The molecule has 3 nitrogen and oxygen atoms in total. The van der Waals surface area contributed by atoms with Gasteiger partial charge >= 0.3 is 6.16 Å². The van der Waals surface area contributed by atoms with Crippen molar-refractivity contribution in [1.82, 2.24) is 0 Å². The maximum atomic E-state index is 11.1. The normalized spacial score (nSPS) is 26.3. The minimum atomic E-state index is -0.496. The summed E-state index contributed by atoms with van der Waals surface area (Å²) in [5, 5.41) is 0. The Kier molecular flexibility index (Phi) is 7.02. The third kappa shape index (κ3) is 6.70. The summed E-state index contributed by atoms with van der Waals surface area (Å²) < 4.78 is 9.96. The van der Waals surface area contributed by atoms with Gasteiger partial charge in [0.1, 0.15) is 0 Å². The first kappa shape index (κ1) is 13.3. The van der Waals surface area contributed by atoms with Crippen LogP contribution in [0.1, 0.15) is 58.3 Å². The molecule has 0 amide bonds. The molecule has 0 aliphatic carbocycles. The van der Waals surface area contributed by atoms with Crippen LogP contribution in [-0.2, 0) is 9.47 Å². The summed E-state index contributed by atoms with van der Waals surface area (Å²) in [6, 6.07) is 0. The maximum absolute atomic E-state index is 11.1. The smallest absolute Gasteiger partial charge is 0.434 e. The molecule has 0 N–H and O–H groups in total. The highest BCUT2D eigenvalue weighted by molar-refractivity contribution is 5.59. The molecule has 0 aromatic heterocycles. The Morgan fingerprint density at radius 1 is 0.875 bits per heavy atom. The number of rotatable bonds is 0. The van der Waals surface area contributed by atoms with Gasteiger partial charge in [-0.15, -0.1) is 0 Å². The van der Waals surface area contributed by atoms with Gasteiger partial charge in [0.25, 0.3) is 0 Å². The fraction of sp³-hybridized carbons (Fsp3) is 0.923. The molecule has 1 rings (SSSR count). The van der Waals surface area contributed by atoms with Gasteiger partial charge in [-0.25, -0.2) is 4.79 Å². The highest BCUT2D eigenvalue weighted by Gasteiger charge is 2.07. The molecule has 1 fully saturated rings. The lowest BCUT2D eigenvalue weighted by molar-refractivity contribution is 0.0502. The lowest BCUT2D eigenvalue weighted by Crippen LogP contribution is -2.11. The second-order valence-corrected chi connectivity index (χ2v) is 4.75. The standard InChI is InChI=1S/C13H24O3/c1-12-8-6-4-2-3-5-7-10-15-13(14)16-11-9-12/h12H,2-11H2,1H3. The molecule has 1 unspecified atom stereocenters. The molecule has 0 saturated carbocycles. The predicted molar refractivity (Wildman–Crippen MR) is 63.4 cm³/mol. The number of cyclic esters (lactones) is 2. The topological polar surface area (TPSA) is 35.5 Å². The minimum Gasteiger partial charge on any atom is -0.434 e. The van der Waals surface area contributed by atoms with Crippen molar-refractivity contribution < 1.29 is 14.3 Å². The zero-order valence-corrected chi connectivity index (χ0v) is 10.4. The van der Waals surface area contributed by atoms with E-state index in [1.54, 1.807) is 0 Å². The van der Waals surface area contributed by atoms with Crippen LogP contribution in [-0.4, -0.2) is 19.4 Å². The summed E-state index contributed by atoms with van der Waals surface area (Å²) in [6.45, 7) is 3.23. The first-order valence-corrected chi connectivity index (χ1v) is 6.58. The molecule has 0 spiro atoms. The molecule has 1 heterocycles. The largest absolute Gasteiger partial charge is 0.508 e. The minimum absolute atomic E-state index is 0.496. The Hall–Kier alpha value is -0.730. The molecule has 1 aliphatic heterocycles. The predicted octanol–water partition coefficient (Wildman–Crippen LogP) is 3.91. The van der Waals surface area contributed by atoms with Crippen LogP contribution >= 0.6 is 0 Å². The van der Waals surface area contributed by atoms with E-state index in [-0.39, 0.29) is 0 Å². The van der Waals surface area contributed by atoms with Crippen molar-refractivity contribution in [2.24, 2.45) is 5.92 Å². The van der Waals surface area contributed by atoms with Gasteiger partial charge in [0.05, 0.1) is 13.2 Å². The van der Waals surface area contributed by atoms with Gasteiger partial charge in [-0.3, -0.25) is 0 Å². The van der Waals surface area contributed by atoms with Crippen LogP contribution in [0.15, 0.2) is 0 Å². The lowest BCUT2D eigenvalue weighted by atomic mass is 9.99. The van der Waals surface area contributed by atoms with E-state index in [1.165, 1.54) is 32.1 Å². The quantitative estimate of drug-likeness (QED) is 0.590. The molecule has 3 heteroatoms. The van der Waals surface area contributed by atoms with E-state index >= 15 is 0 Å². The molecule has 1 saturated heterocycles. The Bertz CT molecular complexity index is 192. The van der Waals surface area contributed by atoms with Gasteiger partial charge in [-0.2, -0.15) is 0 Å². The van der Waals surface area contributed by atoms with Gasteiger partial charge in [0, 0.05) is 0 Å². The van der Waals surface area contributed by atoms with E-state index in [4.69, 9.17) is 9.47 Å². The number of carbonyl (C=O) groups excluding carboxylic acids is 1. The van der Waals surface area contributed by atoms with Crippen LogP contribution in [0, 0.1) is 5.92 Å². The molecule has 0 aromatic carbocycles. The third-order valence-electron chi connectivity index (χ3n) is 3.14. The van der Waals surface area contributed by atoms with E-state index in [2.05, 4.69) is 6.92 Å². The monoisotopic (exact) mass is 228 g/mol. The highest BCUT2D eigenvalue weighted by Crippen LogP contribution is 2.15. The van der Waals surface area contributed by atoms with Crippen molar-refractivity contribution >= 4 is 6.16 Å². The molecule has 1 aliphatic rings. The van der Waals surface area contributed by atoms with Crippen molar-refractivity contribution in [1.29, 1.82) is 0 Å². The van der Waals surface area contributed by atoms with Crippen molar-refractivity contribution in [3.8, 4) is 0 Å². The molecular weight excluding hydrogens is 204 g/mol. The van der Waals surface area contributed by atoms with Gasteiger partial charge in [0.15, 0.2) is 0 Å². The van der Waals surface area contributed by atoms with Crippen molar-refractivity contribution in [2.75, 3.05) is 13.2 Å². The Labute approximate surface area is 98.5 Å². The molecule has 0 bridgehead atoms. The summed E-state index contributed by atoms with van der Waals surface area (Å²) in [6.07, 6.45) is 9.05. The van der Waals surface area contributed by atoms with Crippen LogP contribution in [0.4, 0.5) is 4.79 Å². The average Bonchev–Trinajstić information content (AvgIpc) is 2.26. The second-order valence-electron chi connectivity index (χ2n) is 4.75. The summed E-state index contributed by atoms with van der Waals surface area (Å²) in [7, 11) is 0. The molecule has 94 valence electrons. The van der Waals surface area contributed by atoms with Crippen LogP contribution in [0.5, 0.6) is 0 Å². The van der Waals surface area contributed by atoms with Gasteiger partial charge in [0.2, 0.25) is 0 Å². The second kappa shape index (κ2) is 8.43. The fourth-order valence-corrected chi connectivity index (χ4v) is 1.99. The Balaban J connectivity index is 2.22. The fourth-order valence-electron chi connectivity index (χ4n) is 1.99. The van der Waals surface area contributed by atoms with Crippen molar-refractivity contribution in [3.63, 3.8) is 0 Å². The van der Waals surface area contributed by atoms with Gasteiger partial charge in [-0.05, 0) is 18.8 Å². The Morgan fingerprint density at radius 2 is 1.50 bits per heavy atom. The number of hydrogen-bond donors (Lipinski definition) is 0. The summed E-state index contributed by atoms with van der Waals surface area (Å²) in [5.41, 5.74) is 0. The van der Waals surface area contributed by atoms with E-state index < -0.39 is 6.16 Å². The zero-order valence-electron chi connectivity index (χ0n) is 10.4. The van der Waals surface area contributed by atoms with Crippen molar-refractivity contribution in [3.05, 3.63) is 0 Å². The van der Waals surface area contributed by atoms with Crippen LogP contribution in [0.3, 0.4) is 0 Å². The Morgan fingerprint density at radius 3 is 2.31 bits per heavy atom. The molecule has 16 heavy (non-hydrogen) atoms. The average molecular weight is 228 g/mol. The number of carbonyl (C=O) groups is 1. The molecule has 0 radical (unpaired) electrons. The lowest BCUT2D eigenvalue weighted by Gasteiger charge is -2.12. The first-order chi connectivity index (χ1) is 7.79. The summed E-state index contributed by atoms with van der Waals surface area (Å²) in [4.78, 5) is 11.1. The van der Waals surface area contributed by atoms with Gasteiger partial charge in [-0.1, -0.05) is 45.4 Å². The maximum Gasteiger partial charge on any atom is 0.508 e. The van der Waals surface area contributed by atoms with Crippen LogP contribution in [0.2, 0.25) is 0 Å². The van der Waals surface area contributed by atoms with E-state index in [0.29, 0.717) is 19.1 Å². The summed E-state index contributed by atoms with van der Waals surface area (Å²) in [5.74, 6) is 0.649. The number of hydrogen-bond acceptors (Lipinski definition) is 3. The first-order valence-electron chi connectivity index (χ1n) is 6.58. The van der Waals surface area contributed by atoms with Crippen molar-refractivity contribution in [2.45, 2.75) is 58.3 Å². The third-order valence-corrected chi connectivity index (χ3v) is 3.14. The van der Waals surface area contributed by atoms with Crippen LogP contribution < -0.4 is 0 Å². The van der Waals surface area contributed by atoms with Gasteiger partial charge < -0.3 is 9.47 Å². The molecular formula is C13H24O3. The van der Waals surface area contributed by atoms with Crippen LogP contribution in [0.25, 0.3) is 0 Å². The van der Waals surface area contributed by atoms with E-state index in [9.17, 15) is 4.79 Å². The molecule has 1 atom stereocenters. The number of ether oxygens (including phenoxy) is 2. The zero-order chi connectivity index (χ0) is 11.6. The molecule has 0 aromatic rings. The SMILES string of the molecule is CC1CCCCCCCCOC(=O)OCC1.